The number of hydrogen-bond acceptors (Lipinski definition) is 5. The Morgan fingerprint density at radius 2 is 1.87 bits per heavy atom. The number of amides is 1. The van der Waals surface area contributed by atoms with Gasteiger partial charge in [0.15, 0.2) is 0 Å². The number of benzene rings is 1. The van der Waals surface area contributed by atoms with Gasteiger partial charge in [-0.3, -0.25) is 14.5 Å². The first-order valence-electron chi connectivity index (χ1n) is 11.1. The molecule has 3 aliphatic rings. The molecule has 3 unspecified atom stereocenters. The number of carbonyl (C=O) groups excluding carboxylic acids is 2. The van der Waals surface area contributed by atoms with Gasteiger partial charge in [-0.1, -0.05) is 12.1 Å². The maximum absolute atomic E-state index is 11.8. The van der Waals surface area contributed by atoms with E-state index in [0.717, 1.165) is 31.4 Å². The number of nitrogens with zero attached hydrogens (tertiary/aromatic N) is 3. The predicted octanol–water partition coefficient (Wildman–Crippen LogP) is 3.11. The largest absolute Gasteiger partial charge is 0.366 e. The molecular weight excluding hydrogens is 378 g/mol. The second kappa shape index (κ2) is 7.95. The molecule has 2 bridgehead atoms. The second-order valence-corrected chi connectivity index (χ2v) is 9.21. The summed E-state index contributed by atoms with van der Waals surface area (Å²) in [7, 11) is 0. The first-order chi connectivity index (χ1) is 14.6. The lowest BCUT2D eigenvalue weighted by molar-refractivity contribution is -0.121. The van der Waals surface area contributed by atoms with Crippen molar-refractivity contribution >= 4 is 11.7 Å². The number of primary amides is 1. The number of aromatic amines is 1. The van der Waals surface area contributed by atoms with Crippen LogP contribution >= 0.6 is 0 Å². The summed E-state index contributed by atoms with van der Waals surface area (Å²) in [5, 5.41) is 11.4. The lowest BCUT2D eigenvalue weighted by atomic mass is 9.78. The highest BCUT2D eigenvalue weighted by Gasteiger charge is 2.47. The van der Waals surface area contributed by atoms with Crippen LogP contribution in [0.15, 0.2) is 30.5 Å². The molecule has 2 saturated heterocycles. The van der Waals surface area contributed by atoms with E-state index in [9.17, 15) is 9.59 Å². The van der Waals surface area contributed by atoms with E-state index in [2.05, 4.69) is 26.4 Å². The summed E-state index contributed by atoms with van der Waals surface area (Å²) in [4.78, 5) is 26.2. The molecule has 1 aliphatic carbocycles. The predicted molar refractivity (Wildman–Crippen MR) is 112 cm³/mol. The van der Waals surface area contributed by atoms with Crippen molar-refractivity contribution < 1.29 is 9.59 Å². The fourth-order valence-corrected chi connectivity index (χ4v) is 6.15. The van der Waals surface area contributed by atoms with Crippen molar-refractivity contribution in [3.8, 4) is 0 Å². The van der Waals surface area contributed by atoms with Crippen molar-refractivity contribution in [1.29, 1.82) is 0 Å². The van der Waals surface area contributed by atoms with Crippen molar-refractivity contribution in [3.63, 3.8) is 0 Å². The fraction of sp³-hybridized carbons (Fsp3) is 0.565. The standard InChI is InChI=1S/C23H29N5O2/c24-23(30)16-3-1-2-15(10-16)17-11-18-6-7-19(12-17)28(18)22(21-13-25-27-26-21)14-4-8-20(29)9-5-14/h1-3,10,13-14,17-19,22H,4-9,11-12H2,(H2,24,30)(H,25,26,27). The van der Waals surface area contributed by atoms with E-state index in [-0.39, 0.29) is 11.9 Å². The molecule has 30 heavy (non-hydrogen) atoms. The van der Waals surface area contributed by atoms with Gasteiger partial charge >= 0.3 is 0 Å². The van der Waals surface area contributed by atoms with Crippen LogP contribution in [0.25, 0.3) is 0 Å². The van der Waals surface area contributed by atoms with Gasteiger partial charge in [-0.15, -0.1) is 0 Å². The Labute approximate surface area is 176 Å². The summed E-state index contributed by atoms with van der Waals surface area (Å²) in [6.07, 6.45) is 9.66. The van der Waals surface area contributed by atoms with Gasteiger partial charge in [0.2, 0.25) is 5.91 Å². The van der Waals surface area contributed by atoms with Crippen LogP contribution in [0.4, 0.5) is 0 Å². The van der Waals surface area contributed by atoms with Gasteiger partial charge < -0.3 is 5.73 Å². The van der Waals surface area contributed by atoms with Gasteiger partial charge in [-0.2, -0.15) is 15.4 Å². The lowest BCUT2D eigenvalue weighted by Crippen LogP contribution is -2.47. The molecule has 2 aromatic rings. The molecule has 3 N–H and O–H groups in total. The fourth-order valence-electron chi connectivity index (χ4n) is 6.15. The highest BCUT2D eigenvalue weighted by molar-refractivity contribution is 5.92. The molecule has 0 spiro atoms. The number of Topliss-reactive ketones (excluding diaryl/α,β-unsaturated/α-hetero) is 1. The highest BCUT2D eigenvalue weighted by atomic mass is 16.1. The summed E-state index contributed by atoms with van der Waals surface area (Å²) < 4.78 is 0. The average Bonchev–Trinajstić information content (AvgIpc) is 3.36. The van der Waals surface area contributed by atoms with Crippen LogP contribution in [0.2, 0.25) is 0 Å². The molecule has 7 heteroatoms. The molecule has 1 amide bonds. The van der Waals surface area contributed by atoms with Crippen molar-refractivity contribution in [2.45, 2.75) is 75.4 Å². The van der Waals surface area contributed by atoms with E-state index in [4.69, 9.17) is 5.73 Å². The molecule has 3 atom stereocenters. The topological polar surface area (TPSA) is 105 Å². The number of nitrogens with one attached hydrogen (secondary N) is 1. The molecule has 3 fully saturated rings. The molecule has 1 aromatic heterocycles. The number of aromatic nitrogens is 3. The first-order valence-corrected chi connectivity index (χ1v) is 11.1. The quantitative estimate of drug-likeness (QED) is 0.792. The summed E-state index contributed by atoms with van der Waals surface area (Å²) in [6, 6.07) is 9.06. The van der Waals surface area contributed by atoms with Crippen molar-refractivity contribution in [2.75, 3.05) is 0 Å². The lowest BCUT2D eigenvalue weighted by Gasteiger charge is -2.46. The maximum atomic E-state index is 11.8. The van der Waals surface area contributed by atoms with Crippen LogP contribution in [-0.2, 0) is 4.79 Å². The number of fused-ring (bicyclic) bond motifs is 2. The highest BCUT2D eigenvalue weighted by Crippen LogP contribution is 2.50. The molecule has 2 aliphatic heterocycles. The summed E-state index contributed by atoms with van der Waals surface area (Å²) in [5.41, 5.74) is 8.33. The zero-order valence-electron chi connectivity index (χ0n) is 17.2. The Morgan fingerprint density at radius 3 is 2.50 bits per heavy atom. The smallest absolute Gasteiger partial charge is 0.248 e. The maximum Gasteiger partial charge on any atom is 0.248 e. The molecule has 1 saturated carbocycles. The SMILES string of the molecule is NC(=O)c1cccc(C2CC3CCC(C2)N3C(c2cn[nH]n2)C2CCC(=O)CC2)c1. The van der Waals surface area contributed by atoms with Crippen LogP contribution in [0.5, 0.6) is 0 Å². The molecule has 1 aromatic carbocycles. The van der Waals surface area contributed by atoms with E-state index in [1.807, 2.05) is 18.3 Å². The molecule has 3 heterocycles. The van der Waals surface area contributed by atoms with E-state index < -0.39 is 0 Å². The Bertz CT molecular complexity index is 903. The number of ketones is 1. The third-order valence-electron chi connectivity index (χ3n) is 7.52. The van der Waals surface area contributed by atoms with Gasteiger partial charge in [0.25, 0.3) is 0 Å². The molecule has 5 rings (SSSR count). The number of hydrogen-bond donors (Lipinski definition) is 2. The Morgan fingerprint density at radius 1 is 1.13 bits per heavy atom. The van der Waals surface area contributed by atoms with E-state index in [0.29, 0.717) is 48.1 Å². The zero-order chi connectivity index (χ0) is 20.7. The normalized spacial score (nSPS) is 28.5. The number of nitrogens with two attached hydrogens (primary N) is 1. The number of carbonyl (C=O) groups is 2. The summed E-state index contributed by atoms with van der Waals surface area (Å²) in [5.74, 6) is 0.922. The van der Waals surface area contributed by atoms with Gasteiger partial charge in [0, 0.05) is 30.5 Å². The van der Waals surface area contributed by atoms with Crippen LogP contribution in [0.1, 0.15) is 84.9 Å². The molecule has 0 radical (unpaired) electrons. The van der Waals surface area contributed by atoms with Crippen LogP contribution < -0.4 is 5.73 Å². The second-order valence-electron chi connectivity index (χ2n) is 9.21. The monoisotopic (exact) mass is 407 g/mol. The molecule has 7 nitrogen and oxygen atoms in total. The Kier molecular flexibility index (Phi) is 5.15. The zero-order valence-corrected chi connectivity index (χ0v) is 17.2. The third-order valence-corrected chi connectivity index (χ3v) is 7.52. The minimum absolute atomic E-state index is 0.229. The van der Waals surface area contributed by atoms with Gasteiger partial charge in [-0.25, -0.2) is 0 Å². The number of piperidine rings is 1. The van der Waals surface area contributed by atoms with Crippen molar-refractivity contribution in [1.82, 2.24) is 20.3 Å². The van der Waals surface area contributed by atoms with Crippen molar-refractivity contribution in [3.05, 3.63) is 47.3 Å². The van der Waals surface area contributed by atoms with Gasteiger partial charge in [-0.05, 0) is 68.1 Å². The minimum atomic E-state index is -0.366. The average molecular weight is 408 g/mol. The summed E-state index contributed by atoms with van der Waals surface area (Å²) in [6.45, 7) is 0. The number of rotatable bonds is 5. The Hall–Kier alpha value is -2.54. The van der Waals surface area contributed by atoms with E-state index in [1.165, 1.54) is 18.4 Å². The Balaban J connectivity index is 1.40. The molecule has 158 valence electrons. The van der Waals surface area contributed by atoms with Gasteiger partial charge in [0.1, 0.15) is 5.78 Å². The summed E-state index contributed by atoms with van der Waals surface area (Å²) >= 11 is 0. The third kappa shape index (κ3) is 3.55. The van der Waals surface area contributed by atoms with E-state index >= 15 is 0 Å². The van der Waals surface area contributed by atoms with Crippen molar-refractivity contribution in [2.24, 2.45) is 11.7 Å². The minimum Gasteiger partial charge on any atom is -0.366 e. The van der Waals surface area contributed by atoms with Gasteiger partial charge in [0.05, 0.1) is 17.9 Å². The van der Waals surface area contributed by atoms with Crippen LogP contribution in [0.3, 0.4) is 0 Å². The van der Waals surface area contributed by atoms with Crippen LogP contribution in [0, 0.1) is 5.92 Å². The van der Waals surface area contributed by atoms with Crippen LogP contribution in [-0.4, -0.2) is 44.1 Å². The first kappa shape index (κ1) is 19.4. The number of H-pyrrole nitrogens is 1. The molecular formula is C23H29N5O2. The van der Waals surface area contributed by atoms with E-state index in [1.54, 1.807) is 6.07 Å².